The summed E-state index contributed by atoms with van der Waals surface area (Å²) in [6.07, 6.45) is 0. The standard InChI is InChI=1S/C13H15N2S/c1-9-13(2,3)11-7-10(16-8-14)5-6-12(11)15(9)4/h5-7H,1-4H3/q+1. The van der Waals surface area contributed by atoms with Crippen LogP contribution in [0.4, 0.5) is 5.69 Å². The van der Waals surface area contributed by atoms with E-state index < -0.39 is 0 Å². The first kappa shape index (κ1) is 11.2. The van der Waals surface area contributed by atoms with Crippen LogP contribution < -0.4 is 0 Å². The van der Waals surface area contributed by atoms with Gasteiger partial charge in [0.25, 0.3) is 0 Å². The van der Waals surface area contributed by atoms with Gasteiger partial charge in [0.1, 0.15) is 12.4 Å². The maximum Gasteiger partial charge on any atom is 0.209 e. The van der Waals surface area contributed by atoms with Crippen LogP contribution in [-0.2, 0) is 5.41 Å². The number of hydrogen-bond donors (Lipinski definition) is 0. The maximum atomic E-state index is 8.70. The molecule has 0 atom stereocenters. The topological polar surface area (TPSA) is 26.8 Å². The molecule has 1 aliphatic heterocycles. The lowest BCUT2D eigenvalue weighted by Crippen LogP contribution is -2.25. The smallest absolute Gasteiger partial charge is 0.202 e. The summed E-state index contributed by atoms with van der Waals surface area (Å²) < 4.78 is 2.23. The molecule has 1 aromatic carbocycles. The minimum atomic E-state index is 0.0656. The third-order valence-electron chi connectivity index (χ3n) is 3.57. The van der Waals surface area contributed by atoms with Gasteiger partial charge in [-0.05, 0) is 37.7 Å². The van der Waals surface area contributed by atoms with Crippen molar-refractivity contribution < 1.29 is 4.58 Å². The highest BCUT2D eigenvalue weighted by atomic mass is 32.2. The van der Waals surface area contributed by atoms with E-state index in [1.807, 2.05) is 6.07 Å². The molecule has 82 valence electrons. The molecule has 0 saturated carbocycles. The quantitative estimate of drug-likeness (QED) is 0.421. The van der Waals surface area contributed by atoms with Crippen molar-refractivity contribution in [3.8, 4) is 5.40 Å². The average molecular weight is 231 g/mol. The Morgan fingerprint density at radius 1 is 1.38 bits per heavy atom. The molecule has 1 aromatic rings. The molecule has 0 fully saturated rings. The Morgan fingerprint density at radius 2 is 2.06 bits per heavy atom. The van der Waals surface area contributed by atoms with E-state index >= 15 is 0 Å². The molecular weight excluding hydrogens is 216 g/mol. The number of hydrogen-bond acceptors (Lipinski definition) is 2. The summed E-state index contributed by atoms with van der Waals surface area (Å²) in [5.74, 6) is 0. The minimum absolute atomic E-state index is 0.0656. The Balaban J connectivity index is 2.59. The van der Waals surface area contributed by atoms with Crippen molar-refractivity contribution in [2.75, 3.05) is 7.05 Å². The van der Waals surface area contributed by atoms with Gasteiger partial charge in [0.05, 0.1) is 5.41 Å². The van der Waals surface area contributed by atoms with Crippen LogP contribution in [0.3, 0.4) is 0 Å². The van der Waals surface area contributed by atoms with Crippen LogP contribution in [0, 0.1) is 10.7 Å². The number of thioether (sulfide) groups is 1. The number of rotatable bonds is 1. The molecule has 3 heteroatoms. The first-order chi connectivity index (χ1) is 7.48. The average Bonchev–Trinajstić information content (AvgIpc) is 2.42. The van der Waals surface area contributed by atoms with E-state index in [4.69, 9.17) is 5.26 Å². The fourth-order valence-corrected chi connectivity index (χ4v) is 2.64. The Labute approximate surface area is 101 Å². The molecular formula is C13H15N2S+. The van der Waals surface area contributed by atoms with E-state index in [0.717, 1.165) is 4.90 Å². The summed E-state index contributed by atoms with van der Waals surface area (Å²) in [6.45, 7) is 6.62. The van der Waals surface area contributed by atoms with E-state index in [0.29, 0.717) is 0 Å². The largest absolute Gasteiger partial charge is 0.209 e. The Morgan fingerprint density at radius 3 is 2.69 bits per heavy atom. The summed E-state index contributed by atoms with van der Waals surface area (Å²) >= 11 is 1.22. The van der Waals surface area contributed by atoms with Gasteiger partial charge in [-0.15, -0.1) is 0 Å². The van der Waals surface area contributed by atoms with Gasteiger partial charge in [0.2, 0.25) is 5.69 Å². The molecule has 0 spiro atoms. The zero-order valence-electron chi connectivity index (χ0n) is 10.0. The molecule has 1 heterocycles. The predicted octanol–water partition coefficient (Wildman–Crippen LogP) is 3.29. The predicted molar refractivity (Wildman–Crippen MR) is 67.5 cm³/mol. The molecule has 1 aliphatic rings. The molecule has 16 heavy (non-hydrogen) atoms. The number of benzene rings is 1. The van der Waals surface area contributed by atoms with Crippen LogP contribution in [0.15, 0.2) is 23.1 Å². The molecule has 0 N–H and O–H groups in total. The van der Waals surface area contributed by atoms with Gasteiger partial charge >= 0.3 is 0 Å². The zero-order valence-corrected chi connectivity index (χ0v) is 10.9. The van der Waals surface area contributed by atoms with Gasteiger partial charge in [-0.2, -0.15) is 5.26 Å². The first-order valence-electron chi connectivity index (χ1n) is 5.26. The molecule has 0 aliphatic carbocycles. The van der Waals surface area contributed by atoms with Gasteiger partial charge in [-0.25, -0.2) is 4.58 Å². The van der Waals surface area contributed by atoms with Crippen LogP contribution >= 0.6 is 11.8 Å². The molecule has 0 amide bonds. The normalized spacial score (nSPS) is 17.2. The molecule has 0 aromatic heterocycles. The Bertz CT molecular complexity index is 521. The van der Waals surface area contributed by atoms with Gasteiger partial charge in [-0.3, -0.25) is 0 Å². The summed E-state index contributed by atoms with van der Waals surface area (Å²) in [5, 5.41) is 10.8. The van der Waals surface area contributed by atoms with Crippen molar-refractivity contribution in [1.29, 1.82) is 5.26 Å². The number of thiocyanates is 1. The fourth-order valence-electron chi connectivity index (χ4n) is 2.22. The highest BCUT2D eigenvalue weighted by Gasteiger charge is 2.41. The zero-order chi connectivity index (χ0) is 11.9. The van der Waals surface area contributed by atoms with E-state index in [9.17, 15) is 0 Å². The summed E-state index contributed by atoms with van der Waals surface area (Å²) in [7, 11) is 2.10. The lowest BCUT2D eigenvalue weighted by molar-refractivity contribution is -0.403. The SMILES string of the molecule is CC1=[N+](C)c2ccc(SC#N)cc2C1(C)C. The van der Waals surface area contributed by atoms with Crippen molar-refractivity contribution in [2.45, 2.75) is 31.1 Å². The van der Waals surface area contributed by atoms with E-state index in [2.05, 4.69) is 49.9 Å². The Hall–Kier alpha value is -1.27. The summed E-state index contributed by atoms with van der Waals surface area (Å²) in [6, 6.07) is 6.25. The van der Waals surface area contributed by atoms with E-state index in [1.165, 1.54) is 28.7 Å². The monoisotopic (exact) mass is 231 g/mol. The number of nitrogens with zero attached hydrogens (tertiary/aromatic N) is 2. The van der Waals surface area contributed by atoms with Crippen molar-refractivity contribution in [3.63, 3.8) is 0 Å². The van der Waals surface area contributed by atoms with Crippen molar-refractivity contribution in [2.24, 2.45) is 0 Å². The second kappa shape index (κ2) is 3.64. The van der Waals surface area contributed by atoms with Crippen LogP contribution in [-0.4, -0.2) is 17.3 Å². The van der Waals surface area contributed by atoms with Gasteiger partial charge in [0, 0.05) is 23.4 Å². The van der Waals surface area contributed by atoms with Crippen molar-refractivity contribution >= 4 is 23.2 Å². The summed E-state index contributed by atoms with van der Waals surface area (Å²) in [5.41, 5.74) is 3.98. The number of fused-ring (bicyclic) bond motifs is 1. The van der Waals surface area contributed by atoms with Gasteiger partial charge in [-0.1, -0.05) is 0 Å². The van der Waals surface area contributed by atoms with Gasteiger partial charge in [0.15, 0.2) is 5.71 Å². The lowest BCUT2D eigenvalue weighted by atomic mass is 9.82. The van der Waals surface area contributed by atoms with Crippen molar-refractivity contribution in [3.05, 3.63) is 23.8 Å². The van der Waals surface area contributed by atoms with Crippen LogP contribution in [0.25, 0.3) is 0 Å². The minimum Gasteiger partial charge on any atom is -0.202 e. The molecule has 2 nitrogen and oxygen atoms in total. The number of nitriles is 1. The highest BCUT2D eigenvalue weighted by Crippen LogP contribution is 2.40. The van der Waals surface area contributed by atoms with Crippen LogP contribution in [0.1, 0.15) is 26.3 Å². The third-order valence-corrected chi connectivity index (χ3v) is 4.15. The molecule has 0 radical (unpaired) electrons. The van der Waals surface area contributed by atoms with Gasteiger partial charge < -0.3 is 0 Å². The molecule has 2 rings (SSSR count). The maximum absolute atomic E-state index is 8.70. The lowest BCUT2D eigenvalue weighted by Gasteiger charge is -2.15. The molecule has 0 unspecified atom stereocenters. The van der Waals surface area contributed by atoms with E-state index in [-0.39, 0.29) is 5.41 Å². The molecule has 0 bridgehead atoms. The second-order valence-corrected chi connectivity index (χ2v) is 5.50. The third kappa shape index (κ3) is 1.45. The molecule has 0 saturated heterocycles. The highest BCUT2D eigenvalue weighted by molar-refractivity contribution is 8.03. The van der Waals surface area contributed by atoms with Crippen LogP contribution in [0.2, 0.25) is 0 Å². The van der Waals surface area contributed by atoms with E-state index in [1.54, 1.807) is 0 Å². The van der Waals surface area contributed by atoms with Crippen LogP contribution in [0.5, 0.6) is 0 Å². The summed E-state index contributed by atoms with van der Waals surface area (Å²) in [4.78, 5) is 1.03. The van der Waals surface area contributed by atoms with Crippen molar-refractivity contribution in [1.82, 2.24) is 0 Å². The second-order valence-electron chi connectivity index (χ2n) is 4.64. The Kier molecular flexibility index (Phi) is 2.55. The first-order valence-corrected chi connectivity index (χ1v) is 6.08. The fraction of sp³-hybridized carbons (Fsp3) is 0.385.